The number of ether oxygens (including phenoxy) is 3. The van der Waals surface area contributed by atoms with Crippen molar-refractivity contribution in [1.29, 1.82) is 0 Å². The van der Waals surface area contributed by atoms with Crippen LogP contribution in [0.5, 0.6) is 0 Å². The smallest absolute Gasteiger partial charge is 0.350 e. The highest BCUT2D eigenvalue weighted by Crippen LogP contribution is 2.39. The molecule has 2 heterocycles. The van der Waals surface area contributed by atoms with Gasteiger partial charge in [-0.3, -0.25) is 4.79 Å². The van der Waals surface area contributed by atoms with E-state index in [1.54, 1.807) is 16.3 Å². The van der Waals surface area contributed by atoms with Gasteiger partial charge in [-0.05, 0) is 24.3 Å². The number of thiophene rings is 1. The third-order valence-corrected chi connectivity index (χ3v) is 5.21. The minimum atomic E-state index is -0.453. The van der Waals surface area contributed by atoms with Gasteiger partial charge in [0.2, 0.25) is 6.41 Å². The number of esters is 1. The van der Waals surface area contributed by atoms with Crippen molar-refractivity contribution in [3.63, 3.8) is 0 Å². The summed E-state index contributed by atoms with van der Waals surface area (Å²) in [6, 6.07) is 1.84. The molecule has 0 bridgehead atoms. The summed E-state index contributed by atoms with van der Waals surface area (Å²) in [6.45, 7) is 1.28. The lowest BCUT2D eigenvalue weighted by Crippen LogP contribution is -2.44. The molecule has 1 saturated heterocycles. The predicted molar refractivity (Wildman–Crippen MR) is 81.1 cm³/mol. The van der Waals surface area contributed by atoms with Crippen LogP contribution < -0.4 is 4.90 Å². The van der Waals surface area contributed by atoms with E-state index >= 15 is 0 Å². The summed E-state index contributed by atoms with van der Waals surface area (Å²) in [5, 5.41) is 1.80. The zero-order chi connectivity index (χ0) is 15.6. The van der Waals surface area contributed by atoms with Gasteiger partial charge < -0.3 is 19.1 Å². The maximum atomic E-state index is 11.8. The summed E-state index contributed by atoms with van der Waals surface area (Å²) in [5.74, 6) is -0.864. The predicted octanol–water partition coefficient (Wildman–Crippen LogP) is 2.18. The van der Waals surface area contributed by atoms with Crippen molar-refractivity contribution >= 4 is 29.4 Å². The van der Waals surface area contributed by atoms with Crippen LogP contribution in [-0.2, 0) is 19.0 Å². The first-order valence-electron chi connectivity index (χ1n) is 7.36. The largest absolute Gasteiger partial charge is 0.465 e. The summed E-state index contributed by atoms with van der Waals surface area (Å²) < 4.78 is 16.2. The molecule has 1 spiro atoms. The number of anilines is 1. The van der Waals surface area contributed by atoms with E-state index in [-0.39, 0.29) is 6.04 Å². The highest BCUT2D eigenvalue weighted by Gasteiger charge is 2.42. The second kappa shape index (κ2) is 6.36. The number of carbonyl (C=O) groups excluding carboxylic acids is 2. The summed E-state index contributed by atoms with van der Waals surface area (Å²) in [5.41, 5.74) is 0.626. The van der Waals surface area contributed by atoms with E-state index in [4.69, 9.17) is 14.2 Å². The molecule has 0 atom stereocenters. The Morgan fingerprint density at radius 2 is 2.09 bits per heavy atom. The topological polar surface area (TPSA) is 65.1 Å². The van der Waals surface area contributed by atoms with Crippen molar-refractivity contribution in [2.45, 2.75) is 37.5 Å². The van der Waals surface area contributed by atoms with Gasteiger partial charge in [-0.15, -0.1) is 11.3 Å². The van der Waals surface area contributed by atoms with Crippen LogP contribution in [-0.4, -0.2) is 44.5 Å². The molecule has 3 rings (SSSR count). The summed E-state index contributed by atoms with van der Waals surface area (Å²) in [7, 11) is 1.34. The normalized spacial score (nSPS) is 21.0. The molecule has 1 aliphatic carbocycles. The first-order chi connectivity index (χ1) is 10.7. The van der Waals surface area contributed by atoms with E-state index in [2.05, 4.69) is 0 Å². The van der Waals surface area contributed by atoms with Crippen LogP contribution in [0, 0.1) is 0 Å². The number of amides is 1. The van der Waals surface area contributed by atoms with Gasteiger partial charge in [0.25, 0.3) is 0 Å². The highest BCUT2D eigenvalue weighted by atomic mass is 32.1. The fourth-order valence-corrected chi connectivity index (χ4v) is 4.00. The Balaban J connectivity index is 1.74. The lowest BCUT2D eigenvalue weighted by molar-refractivity contribution is -0.178. The second-order valence-electron chi connectivity index (χ2n) is 5.48. The summed E-state index contributed by atoms with van der Waals surface area (Å²) in [4.78, 5) is 25.5. The fraction of sp³-hybridized carbons (Fsp3) is 0.600. The van der Waals surface area contributed by atoms with Crippen LogP contribution in [0.2, 0.25) is 0 Å². The molecule has 0 N–H and O–H groups in total. The minimum Gasteiger partial charge on any atom is -0.465 e. The molecule has 7 heteroatoms. The Kier molecular flexibility index (Phi) is 4.46. The number of nitrogens with zero attached hydrogens (tertiary/aromatic N) is 1. The van der Waals surface area contributed by atoms with Gasteiger partial charge >= 0.3 is 5.97 Å². The van der Waals surface area contributed by atoms with E-state index in [1.165, 1.54) is 18.4 Å². The quantitative estimate of drug-likeness (QED) is 0.627. The average Bonchev–Trinajstić information content (AvgIpc) is 3.19. The minimum absolute atomic E-state index is 0.0499. The maximum Gasteiger partial charge on any atom is 0.350 e. The van der Waals surface area contributed by atoms with Gasteiger partial charge in [-0.2, -0.15) is 0 Å². The maximum absolute atomic E-state index is 11.8. The summed E-state index contributed by atoms with van der Waals surface area (Å²) >= 11 is 1.28. The molecule has 120 valence electrons. The molecule has 6 nitrogen and oxygen atoms in total. The third kappa shape index (κ3) is 2.76. The third-order valence-electron chi connectivity index (χ3n) is 4.33. The van der Waals surface area contributed by atoms with Crippen LogP contribution in [0.4, 0.5) is 5.69 Å². The highest BCUT2D eigenvalue weighted by molar-refractivity contribution is 7.12. The molecule has 1 aromatic rings. The Bertz CT molecular complexity index is 542. The molecular weight excluding hydrogens is 306 g/mol. The Hall–Kier alpha value is -1.44. The standard InChI is InChI=1S/C15H19NO5S/c1-19-14(18)13-12(4-9-22-13)16(10-17)11-2-5-15(6-3-11)20-7-8-21-15/h4,9-11H,2-3,5-8H2,1H3. The van der Waals surface area contributed by atoms with Crippen molar-refractivity contribution in [2.75, 3.05) is 25.2 Å². The summed E-state index contributed by atoms with van der Waals surface area (Å²) in [6.07, 6.45) is 3.90. The van der Waals surface area contributed by atoms with Gasteiger partial charge in [0.1, 0.15) is 4.88 Å². The molecule has 2 aliphatic rings. The van der Waals surface area contributed by atoms with E-state index in [1.807, 2.05) is 0 Å². The van der Waals surface area contributed by atoms with Gasteiger partial charge in [-0.25, -0.2) is 4.79 Å². The lowest BCUT2D eigenvalue weighted by atomic mass is 9.89. The molecule has 0 radical (unpaired) electrons. The molecule has 1 amide bonds. The van der Waals surface area contributed by atoms with Crippen LogP contribution in [0.3, 0.4) is 0 Å². The number of hydrogen-bond donors (Lipinski definition) is 0. The second-order valence-corrected chi connectivity index (χ2v) is 6.39. The SMILES string of the molecule is COC(=O)c1sccc1N(C=O)C1CCC2(CC1)OCCO2. The number of carbonyl (C=O) groups is 2. The Morgan fingerprint density at radius 3 is 2.68 bits per heavy atom. The molecular formula is C15H19NO5S. The van der Waals surface area contributed by atoms with Crippen LogP contribution in [0.1, 0.15) is 35.4 Å². The van der Waals surface area contributed by atoms with Crippen molar-refractivity contribution in [3.8, 4) is 0 Å². The van der Waals surface area contributed by atoms with Gasteiger partial charge in [-0.1, -0.05) is 0 Å². The average molecular weight is 325 g/mol. The molecule has 1 aromatic heterocycles. The molecule has 1 aliphatic heterocycles. The first kappa shape index (κ1) is 15.5. The number of hydrogen-bond acceptors (Lipinski definition) is 6. The zero-order valence-electron chi connectivity index (χ0n) is 12.4. The van der Waals surface area contributed by atoms with E-state index in [0.717, 1.165) is 32.1 Å². The monoisotopic (exact) mass is 325 g/mol. The van der Waals surface area contributed by atoms with E-state index in [0.29, 0.717) is 23.8 Å². The first-order valence-corrected chi connectivity index (χ1v) is 8.24. The molecule has 0 unspecified atom stereocenters. The van der Waals surface area contributed by atoms with Crippen LogP contribution in [0.25, 0.3) is 0 Å². The van der Waals surface area contributed by atoms with Gasteiger partial charge in [0.15, 0.2) is 5.79 Å². The molecule has 0 aromatic carbocycles. The van der Waals surface area contributed by atoms with Crippen LogP contribution >= 0.6 is 11.3 Å². The zero-order valence-corrected chi connectivity index (χ0v) is 13.3. The van der Waals surface area contributed by atoms with Crippen LogP contribution in [0.15, 0.2) is 11.4 Å². The van der Waals surface area contributed by atoms with Gasteiger partial charge in [0.05, 0.1) is 26.0 Å². The lowest BCUT2D eigenvalue weighted by Gasteiger charge is -2.38. The fourth-order valence-electron chi connectivity index (χ4n) is 3.20. The molecule has 1 saturated carbocycles. The number of rotatable bonds is 4. The molecule has 22 heavy (non-hydrogen) atoms. The Morgan fingerprint density at radius 1 is 1.41 bits per heavy atom. The Labute approximate surface area is 132 Å². The van der Waals surface area contributed by atoms with Crippen molar-refractivity contribution < 1.29 is 23.8 Å². The number of methoxy groups -OCH3 is 1. The van der Waals surface area contributed by atoms with E-state index in [9.17, 15) is 9.59 Å². The molecule has 2 fully saturated rings. The van der Waals surface area contributed by atoms with Crippen molar-refractivity contribution in [3.05, 3.63) is 16.3 Å². The van der Waals surface area contributed by atoms with E-state index < -0.39 is 11.8 Å². The van der Waals surface area contributed by atoms with Crippen molar-refractivity contribution in [2.24, 2.45) is 0 Å². The van der Waals surface area contributed by atoms with Gasteiger partial charge in [0, 0.05) is 18.9 Å². The van der Waals surface area contributed by atoms with Crippen molar-refractivity contribution in [1.82, 2.24) is 0 Å².